The number of nitrogens with zero attached hydrogens (tertiary/aromatic N) is 2. The maximum absolute atomic E-state index is 12.7. The Labute approximate surface area is 155 Å². The Morgan fingerprint density at radius 1 is 1.08 bits per heavy atom. The number of thiazole rings is 1. The van der Waals surface area contributed by atoms with E-state index in [1.165, 1.54) is 11.3 Å². The smallest absolute Gasteiger partial charge is 0.326 e. The van der Waals surface area contributed by atoms with Gasteiger partial charge in [0.25, 0.3) is 5.91 Å². The van der Waals surface area contributed by atoms with E-state index in [0.29, 0.717) is 17.0 Å². The van der Waals surface area contributed by atoms with Crippen molar-refractivity contribution in [2.24, 2.45) is 4.99 Å². The molecule has 0 atom stereocenters. The number of aryl methyl sites for hydroxylation is 2. The molecule has 134 valence electrons. The highest BCUT2D eigenvalue weighted by atomic mass is 32.1. The maximum Gasteiger partial charge on any atom is 0.326 e. The summed E-state index contributed by atoms with van der Waals surface area (Å²) in [4.78, 5) is 29.5. The molecule has 26 heavy (non-hydrogen) atoms. The van der Waals surface area contributed by atoms with Crippen LogP contribution in [0.1, 0.15) is 28.4 Å². The van der Waals surface area contributed by atoms with Crippen LogP contribution in [0.25, 0.3) is 10.2 Å². The van der Waals surface area contributed by atoms with Crippen molar-refractivity contribution in [1.82, 2.24) is 4.57 Å². The molecule has 3 aromatic rings. The molecule has 1 heterocycles. The second kappa shape index (κ2) is 7.66. The van der Waals surface area contributed by atoms with Crippen LogP contribution in [0.4, 0.5) is 0 Å². The topological polar surface area (TPSA) is 60.7 Å². The molecule has 0 saturated carbocycles. The van der Waals surface area contributed by atoms with E-state index in [4.69, 9.17) is 4.74 Å². The average molecular weight is 368 g/mol. The lowest BCUT2D eigenvalue weighted by molar-refractivity contribution is -0.143. The largest absolute Gasteiger partial charge is 0.465 e. The van der Waals surface area contributed by atoms with Gasteiger partial charge in [-0.2, -0.15) is 4.99 Å². The third kappa shape index (κ3) is 3.60. The molecule has 3 rings (SSSR count). The zero-order chi connectivity index (χ0) is 18.7. The molecule has 2 aromatic carbocycles. The number of para-hydroxylation sites is 1. The van der Waals surface area contributed by atoms with Gasteiger partial charge in [0.15, 0.2) is 4.80 Å². The summed E-state index contributed by atoms with van der Waals surface area (Å²) in [5.41, 5.74) is 3.36. The van der Waals surface area contributed by atoms with E-state index < -0.39 is 0 Å². The molecule has 0 aliphatic heterocycles. The molecule has 0 aliphatic carbocycles. The Kier molecular flexibility index (Phi) is 5.32. The Hall–Kier alpha value is -2.73. The minimum Gasteiger partial charge on any atom is -0.465 e. The minimum atomic E-state index is -0.347. The molecule has 0 unspecified atom stereocenters. The first kappa shape index (κ1) is 18.1. The predicted octanol–water partition coefficient (Wildman–Crippen LogP) is 3.62. The van der Waals surface area contributed by atoms with Crippen LogP contribution in [-0.2, 0) is 16.1 Å². The van der Waals surface area contributed by atoms with Gasteiger partial charge in [0, 0.05) is 5.56 Å². The second-order valence-corrected chi connectivity index (χ2v) is 6.94. The lowest BCUT2D eigenvalue weighted by Gasteiger charge is -2.07. The van der Waals surface area contributed by atoms with Crippen molar-refractivity contribution in [3.8, 4) is 0 Å². The van der Waals surface area contributed by atoms with Crippen LogP contribution in [0.3, 0.4) is 0 Å². The fourth-order valence-electron chi connectivity index (χ4n) is 2.83. The molecule has 0 spiro atoms. The van der Waals surface area contributed by atoms with Gasteiger partial charge >= 0.3 is 5.97 Å². The number of hydrogen-bond acceptors (Lipinski definition) is 4. The van der Waals surface area contributed by atoms with Crippen molar-refractivity contribution in [2.45, 2.75) is 27.3 Å². The molecule has 1 aromatic heterocycles. The summed E-state index contributed by atoms with van der Waals surface area (Å²) in [5, 5.41) is 0. The van der Waals surface area contributed by atoms with Gasteiger partial charge in [-0.3, -0.25) is 9.59 Å². The van der Waals surface area contributed by atoms with Gasteiger partial charge in [0.05, 0.1) is 16.8 Å². The van der Waals surface area contributed by atoms with E-state index in [1.54, 1.807) is 17.6 Å². The monoisotopic (exact) mass is 368 g/mol. The van der Waals surface area contributed by atoms with Crippen molar-refractivity contribution < 1.29 is 14.3 Å². The maximum atomic E-state index is 12.7. The van der Waals surface area contributed by atoms with Gasteiger partial charge in [-0.15, -0.1) is 0 Å². The van der Waals surface area contributed by atoms with Gasteiger partial charge in [-0.1, -0.05) is 41.7 Å². The van der Waals surface area contributed by atoms with Crippen LogP contribution in [0.15, 0.2) is 47.5 Å². The second-order valence-electron chi connectivity index (χ2n) is 5.93. The fraction of sp³-hybridized carbons (Fsp3) is 0.250. The summed E-state index contributed by atoms with van der Waals surface area (Å²) in [5.74, 6) is -0.662. The first-order valence-corrected chi connectivity index (χ1v) is 9.22. The summed E-state index contributed by atoms with van der Waals surface area (Å²) in [7, 11) is 0. The van der Waals surface area contributed by atoms with Crippen molar-refractivity contribution in [2.75, 3.05) is 6.61 Å². The molecule has 1 amide bonds. The van der Waals surface area contributed by atoms with Crippen molar-refractivity contribution in [1.29, 1.82) is 0 Å². The zero-order valence-electron chi connectivity index (χ0n) is 15.0. The quantitative estimate of drug-likeness (QED) is 0.661. The minimum absolute atomic E-state index is 0.0264. The lowest BCUT2D eigenvalue weighted by Crippen LogP contribution is -2.23. The molecule has 0 N–H and O–H groups in total. The van der Waals surface area contributed by atoms with E-state index in [9.17, 15) is 9.59 Å². The molecule has 6 heteroatoms. The number of carbonyl (C=O) groups excluding carboxylic acids is 2. The number of hydrogen-bond donors (Lipinski definition) is 0. The highest BCUT2D eigenvalue weighted by Gasteiger charge is 2.14. The van der Waals surface area contributed by atoms with E-state index in [1.807, 2.05) is 50.2 Å². The zero-order valence-corrected chi connectivity index (χ0v) is 15.8. The third-order valence-corrected chi connectivity index (χ3v) is 5.11. The van der Waals surface area contributed by atoms with Gasteiger partial charge in [0.2, 0.25) is 0 Å². The van der Waals surface area contributed by atoms with Crippen LogP contribution in [0.2, 0.25) is 0 Å². The lowest BCUT2D eigenvalue weighted by atomic mass is 10.1. The highest BCUT2D eigenvalue weighted by molar-refractivity contribution is 7.16. The van der Waals surface area contributed by atoms with Crippen LogP contribution >= 0.6 is 11.3 Å². The van der Waals surface area contributed by atoms with E-state index >= 15 is 0 Å². The number of ether oxygens (including phenoxy) is 1. The Balaban J connectivity index is 2.15. The summed E-state index contributed by atoms with van der Waals surface area (Å²) in [6.07, 6.45) is 0. The van der Waals surface area contributed by atoms with Crippen LogP contribution in [0, 0.1) is 13.8 Å². The van der Waals surface area contributed by atoms with Crippen molar-refractivity contribution in [3.63, 3.8) is 0 Å². The van der Waals surface area contributed by atoms with Gasteiger partial charge in [-0.05, 0) is 44.0 Å². The molecule has 5 nitrogen and oxygen atoms in total. The van der Waals surface area contributed by atoms with Crippen LogP contribution in [-0.4, -0.2) is 23.1 Å². The van der Waals surface area contributed by atoms with Crippen molar-refractivity contribution in [3.05, 3.63) is 64.0 Å². The molecule has 0 bridgehead atoms. The third-order valence-electron chi connectivity index (χ3n) is 4.07. The normalized spacial score (nSPS) is 11.7. The molecule has 0 fully saturated rings. The summed E-state index contributed by atoms with van der Waals surface area (Å²) in [6.45, 7) is 5.97. The highest BCUT2D eigenvalue weighted by Crippen LogP contribution is 2.21. The first-order valence-electron chi connectivity index (χ1n) is 8.40. The SMILES string of the molecule is CCOC(=O)Cn1c(=NC(=O)c2ccccc2C)sc2cccc(C)c21. The van der Waals surface area contributed by atoms with Crippen LogP contribution < -0.4 is 4.80 Å². The number of benzene rings is 2. The number of rotatable bonds is 4. The number of fused-ring (bicyclic) bond motifs is 1. The number of carbonyl (C=O) groups is 2. The summed E-state index contributed by atoms with van der Waals surface area (Å²) < 4.78 is 7.83. The van der Waals surface area contributed by atoms with Crippen LogP contribution in [0.5, 0.6) is 0 Å². The molecular formula is C20H20N2O3S. The van der Waals surface area contributed by atoms with E-state index in [2.05, 4.69) is 4.99 Å². The summed E-state index contributed by atoms with van der Waals surface area (Å²) >= 11 is 1.39. The molecule has 0 radical (unpaired) electrons. The van der Waals surface area contributed by atoms with E-state index in [-0.39, 0.29) is 18.4 Å². The van der Waals surface area contributed by atoms with Gasteiger partial charge in [-0.25, -0.2) is 0 Å². The Morgan fingerprint density at radius 3 is 2.54 bits per heavy atom. The van der Waals surface area contributed by atoms with Crippen molar-refractivity contribution >= 4 is 33.4 Å². The molecule has 0 saturated heterocycles. The standard InChI is InChI=1S/C20H20N2O3S/c1-4-25-17(23)12-22-18-14(3)9-7-11-16(18)26-20(22)21-19(24)15-10-6-5-8-13(15)2/h5-11H,4,12H2,1-3H3. The molecular weight excluding hydrogens is 348 g/mol. The van der Waals surface area contributed by atoms with Gasteiger partial charge < -0.3 is 9.30 Å². The number of amides is 1. The van der Waals surface area contributed by atoms with Gasteiger partial charge in [0.1, 0.15) is 6.54 Å². The van der Waals surface area contributed by atoms with E-state index in [0.717, 1.165) is 21.3 Å². The predicted molar refractivity (Wildman–Crippen MR) is 102 cm³/mol. The Bertz CT molecular complexity index is 1050. The first-order chi connectivity index (χ1) is 12.5. The molecule has 0 aliphatic rings. The fourth-order valence-corrected chi connectivity index (χ4v) is 3.94. The number of aromatic nitrogens is 1. The number of esters is 1. The Morgan fingerprint density at radius 2 is 1.81 bits per heavy atom. The summed E-state index contributed by atoms with van der Waals surface area (Å²) in [6, 6.07) is 13.2. The average Bonchev–Trinajstić information content (AvgIpc) is 2.94.